The van der Waals surface area contributed by atoms with Crippen molar-refractivity contribution in [3.63, 3.8) is 0 Å². The van der Waals surface area contributed by atoms with Crippen molar-refractivity contribution in [2.24, 2.45) is 0 Å². The predicted molar refractivity (Wildman–Crippen MR) is 77.6 cm³/mol. The fourth-order valence-corrected chi connectivity index (χ4v) is 1.93. The van der Waals surface area contributed by atoms with Crippen LogP contribution in [0, 0.1) is 0 Å². The molecular weight excluding hydrogens is 552 g/mol. The van der Waals surface area contributed by atoms with Gasteiger partial charge in [-0.1, -0.05) is 41.9 Å². The van der Waals surface area contributed by atoms with Crippen LogP contribution in [0.4, 0.5) is 0 Å². The molecule has 2 aromatic carbocycles. The SMILES string of the molecule is CCOc1ccc(Cc2ccccc2Cl)cc1.[Cl-].[I-].[I-].[Li+].[Mg+2]. The number of rotatable bonds is 4. The van der Waals surface area contributed by atoms with Gasteiger partial charge in [-0.25, -0.2) is 0 Å². The van der Waals surface area contributed by atoms with E-state index in [0.717, 1.165) is 22.8 Å². The molecule has 0 spiro atoms. The smallest absolute Gasteiger partial charge is 1.00 e. The summed E-state index contributed by atoms with van der Waals surface area (Å²) in [6.45, 7) is 2.68. The summed E-state index contributed by atoms with van der Waals surface area (Å²) in [5.74, 6) is 0.912. The molecule has 0 unspecified atom stereocenters. The van der Waals surface area contributed by atoms with Gasteiger partial charge < -0.3 is 65.1 Å². The normalized spacial score (nSPS) is 7.91. The molecule has 0 radical (unpaired) electrons. The zero-order valence-corrected chi connectivity index (χ0v) is 19.9. The van der Waals surface area contributed by atoms with Crippen LogP contribution in [0.3, 0.4) is 0 Å². The van der Waals surface area contributed by atoms with Crippen LogP contribution in [0.5, 0.6) is 5.75 Å². The third-order valence-electron chi connectivity index (χ3n) is 2.59. The Labute approximate surface area is 206 Å². The quantitative estimate of drug-likeness (QED) is 0.264. The Hall–Kier alpha value is 1.64. The Balaban J connectivity index is -0.000000324. The van der Waals surface area contributed by atoms with E-state index in [-0.39, 0.29) is 102 Å². The van der Waals surface area contributed by atoms with Gasteiger partial charge in [0.15, 0.2) is 0 Å². The van der Waals surface area contributed by atoms with Gasteiger partial charge >= 0.3 is 41.9 Å². The first-order chi connectivity index (χ1) is 8.29. The zero-order chi connectivity index (χ0) is 12.1. The molecule has 0 atom stereocenters. The Morgan fingerprint density at radius 1 is 0.955 bits per heavy atom. The molecule has 0 aliphatic heterocycles. The van der Waals surface area contributed by atoms with Gasteiger partial charge in [-0.05, 0) is 42.7 Å². The molecule has 22 heavy (non-hydrogen) atoms. The van der Waals surface area contributed by atoms with E-state index >= 15 is 0 Å². The molecule has 2 rings (SSSR count). The maximum atomic E-state index is 6.13. The first-order valence-electron chi connectivity index (χ1n) is 5.74. The van der Waals surface area contributed by atoms with Gasteiger partial charge in [-0.15, -0.1) is 0 Å². The number of halogens is 4. The molecular formula is C15H15Cl2I2LiMgO. The fourth-order valence-electron chi connectivity index (χ4n) is 1.73. The summed E-state index contributed by atoms with van der Waals surface area (Å²) < 4.78 is 5.41. The molecule has 0 aliphatic rings. The molecule has 0 amide bonds. The van der Waals surface area contributed by atoms with Crippen LogP contribution in [-0.4, -0.2) is 29.7 Å². The summed E-state index contributed by atoms with van der Waals surface area (Å²) >= 11 is 6.13. The van der Waals surface area contributed by atoms with Crippen LogP contribution in [0.2, 0.25) is 5.02 Å². The third kappa shape index (κ3) is 10.5. The first-order valence-corrected chi connectivity index (χ1v) is 6.12. The van der Waals surface area contributed by atoms with Gasteiger partial charge in [0.05, 0.1) is 6.61 Å². The third-order valence-corrected chi connectivity index (χ3v) is 2.96. The molecule has 0 N–H and O–H groups in total. The molecule has 2 aromatic rings. The number of hydrogen-bond donors (Lipinski definition) is 0. The number of ether oxygens (including phenoxy) is 1. The van der Waals surface area contributed by atoms with E-state index in [0.29, 0.717) is 6.61 Å². The van der Waals surface area contributed by atoms with Gasteiger partial charge in [0, 0.05) is 5.02 Å². The van der Waals surface area contributed by atoms with E-state index in [1.54, 1.807) is 0 Å². The maximum Gasteiger partial charge on any atom is 2.00 e. The van der Waals surface area contributed by atoms with Crippen molar-refractivity contribution in [1.82, 2.24) is 0 Å². The second-order valence-electron chi connectivity index (χ2n) is 3.85. The van der Waals surface area contributed by atoms with Crippen LogP contribution in [0.1, 0.15) is 18.1 Å². The van der Waals surface area contributed by atoms with Crippen LogP contribution in [0.25, 0.3) is 0 Å². The van der Waals surface area contributed by atoms with Crippen molar-refractivity contribution in [1.29, 1.82) is 0 Å². The van der Waals surface area contributed by atoms with E-state index in [1.807, 2.05) is 37.3 Å². The monoisotopic (exact) mass is 566 g/mol. The summed E-state index contributed by atoms with van der Waals surface area (Å²) in [7, 11) is 0. The van der Waals surface area contributed by atoms with Gasteiger partial charge in [0.25, 0.3) is 0 Å². The molecule has 0 bridgehead atoms. The Morgan fingerprint density at radius 3 is 2.00 bits per heavy atom. The van der Waals surface area contributed by atoms with Gasteiger partial charge in [-0.2, -0.15) is 0 Å². The van der Waals surface area contributed by atoms with Crippen molar-refractivity contribution >= 4 is 34.7 Å². The minimum Gasteiger partial charge on any atom is -1.00 e. The van der Waals surface area contributed by atoms with Crippen LogP contribution >= 0.6 is 11.6 Å². The van der Waals surface area contributed by atoms with Gasteiger partial charge in [-0.3, -0.25) is 0 Å². The molecule has 1 nitrogen and oxygen atoms in total. The second-order valence-corrected chi connectivity index (χ2v) is 4.25. The Bertz CT molecular complexity index is 501. The van der Waals surface area contributed by atoms with Crippen molar-refractivity contribution < 1.29 is 84.0 Å². The van der Waals surface area contributed by atoms with E-state index in [2.05, 4.69) is 18.2 Å². The van der Waals surface area contributed by atoms with Crippen molar-refractivity contribution in [2.45, 2.75) is 13.3 Å². The van der Waals surface area contributed by atoms with E-state index < -0.39 is 0 Å². The summed E-state index contributed by atoms with van der Waals surface area (Å²) in [6.07, 6.45) is 0.853. The molecule has 0 saturated heterocycles. The molecule has 0 saturated carbocycles. The molecule has 112 valence electrons. The summed E-state index contributed by atoms with van der Waals surface area (Å²) in [4.78, 5) is 0. The Kier molecular flexibility index (Phi) is 24.9. The topological polar surface area (TPSA) is 9.23 Å². The second kappa shape index (κ2) is 17.5. The molecule has 0 aliphatic carbocycles. The van der Waals surface area contributed by atoms with E-state index in [4.69, 9.17) is 16.3 Å². The standard InChI is InChI=1S/C15H15ClO.ClH.2HI.Li.Mg/c1-2-17-14-9-7-12(8-10-14)11-13-5-3-4-6-15(13)16;;;;;/h3-10H,2,11H2,1H3;3*1H;;/q;;;;+1;+2/p-3. The van der Waals surface area contributed by atoms with Gasteiger partial charge in [0.1, 0.15) is 5.75 Å². The van der Waals surface area contributed by atoms with Gasteiger partial charge in [0.2, 0.25) is 0 Å². The van der Waals surface area contributed by atoms with Crippen LogP contribution in [0.15, 0.2) is 48.5 Å². The molecule has 0 heterocycles. The molecule has 0 aromatic heterocycles. The summed E-state index contributed by atoms with van der Waals surface area (Å²) in [6, 6.07) is 16.1. The van der Waals surface area contributed by atoms with Crippen LogP contribution in [-0.2, 0) is 6.42 Å². The maximum absolute atomic E-state index is 6.13. The van der Waals surface area contributed by atoms with E-state index in [9.17, 15) is 0 Å². The Morgan fingerprint density at radius 2 is 1.50 bits per heavy atom. The van der Waals surface area contributed by atoms with Crippen molar-refractivity contribution in [3.05, 3.63) is 64.7 Å². The fraction of sp³-hybridized carbons (Fsp3) is 0.200. The predicted octanol–water partition coefficient (Wildman–Crippen LogP) is -8.04. The van der Waals surface area contributed by atoms with Crippen LogP contribution < -0.4 is 84.0 Å². The first kappa shape index (κ1) is 31.4. The number of benzene rings is 2. The van der Waals surface area contributed by atoms with Crippen molar-refractivity contribution in [2.75, 3.05) is 6.61 Å². The largest absolute Gasteiger partial charge is 2.00 e. The minimum absolute atomic E-state index is 0. The minimum atomic E-state index is 0. The summed E-state index contributed by atoms with van der Waals surface area (Å²) in [5.41, 5.74) is 2.39. The number of hydrogen-bond acceptors (Lipinski definition) is 1. The average molecular weight is 567 g/mol. The summed E-state index contributed by atoms with van der Waals surface area (Å²) in [5, 5.41) is 0.821. The molecule has 0 fully saturated rings. The average Bonchev–Trinajstić information content (AvgIpc) is 2.35. The zero-order valence-electron chi connectivity index (χ0n) is 12.7. The van der Waals surface area contributed by atoms with E-state index in [1.165, 1.54) is 5.56 Å². The van der Waals surface area contributed by atoms with Crippen molar-refractivity contribution in [3.8, 4) is 5.75 Å². The molecule has 7 heteroatoms.